The van der Waals surface area contributed by atoms with Gasteiger partial charge >= 0.3 is 5.97 Å². The first-order valence-electron chi connectivity index (χ1n) is 7.98. The van der Waals surface area contributed by atoms with Crippen LogP contribution < -0.4 is 10.0 Å². The van der Waals surface area contributed by atoms with Gasteiger partial charge in [-0.3, -0.25) is 4.79 Å². The summed E-state index contributed by atoms with van der Waals surface area (Å²) in [5.41, 5.74) is 0.299. The van der Waals surface area contributed by atoms with Crippen LogP contribution in [0.25, 0.3) is 0 Å². The lowest BCUT2D eigenvalue weighted by Gasteiger charge is -2.08. The Balaban J connectivity index is 1.80. The SMILES string of the molecule is CCOC(=O)c1ccc(S(=O)(=O)NCCCC(=O)NC2CC2)cc1. The van der Waals surface area contributed by atoms with Gasteiger partial charge in [-0.05, 0) is 50.5 Å². The summed E-state index contributed by atoms with van der Waals surface area (Å²) in [5, 5.41) is 2.85. The monoisotopic (exact) mass is 354 g/mol. The third kappa shape index (κ3) is 5.61. The average molecular weight is 354 g/mol. The van der Waals surface area contributed by atoms with Crippen molar-refractivity contribution in [3.63, 3.8) is 0 Å². The molecule has 0 bridgehead atoms. The molecule has 132 valence electrons. The Kier molecular flexibility index (Phi) is 6.33. The molecule has 1 aliphatic carbocycles. The molecule has 7 nitrogen and oxygen atoms in total. The molecule has 0 spiro atoms. The quantitative estimate of drug-likeness (QED) is 0.512. The molecule has 1 saturated carbocycles. The molecule has 2 rings (SSSR count). The molecule has 0 heterocycles. The van der Waals surface area contributed by atoms with E-state index in [2.05, 4.69) is 10.0 Å². The Hall–Kier alpha value is -1.93. The predicted octanol–water partition coefficient (Wildman–Crippen LogP) is 1.20. The number of sulfonamides is 1. The van der Waals surface area contributed by atoms with E-state index in [1.54, 1.807) is 6.92 Å². The molecular formula is C16H22N2O5S. The van der Waals surface area contributed by atoms with Gasteiger partial charge in [0.05, 0.1) is 17.1 Å². The highest BCUT2D eigenvalue weighted by atomic mass is 32.2. The van der Waals surface area contributed by atoms with E-state index >= 15 is 0 Å². The molecule has 1 amide bonds. The summed E-state index contributed by atoms with van der Waals surface area (Å²) in [4.78, 5) is 23.1. The van der Waals surface area contributed by atoms with Crippen LogP contribution in [-0.2, 0) is 19.6 Å². The summed E-state index contributed by atoms with van der Waals surface area (Å²) in [5.74, 6) is -0.536. The first kappa shape index (κ1) is 18.4. The molecule has 1 aromatic carbocycles. The summed E-state index contributed by atoms with van der Waals surface area (Å²) in [6, 6.07) is 5.85. The maximum atomic E-state index is 12.1. The van der Waals surface area contributed by atoms with Crippen LogP contribution in [0, 0.1) is 0 Å². The third-order valence-electron chi connectivity index (χ3n) is 3.49. The van der Waals surface area contributed by atoms with Gasteiger partial charge in [0.15, 0.2) is 0 Å². The number of carbonyl (C=O) groups excluding carboxylic acids is 2. The van der Waals surface area contributed by atoms with Crippen molar-refractivity contribution >= 4 is 21.9 Å². The van der Waals surface area contributed by atoms with E-state index < -0.39 is 16.0 Å². The fourth-order valence-corrected chi connectivity index (χ4v) is 3.13. The molecule has 2 N–H and O–H groups in total. The molecule has 1 aliphatic rings. The number of rotatable bonds is 9. The Morgan fingerprint density at radius 2 is 1.88 bits per heavy atom. The number of hydrogen-bond donors (Lipinski definition) is 2. The Labute approximate surface area is 141 Å². The molecule has 0 saturated heterocycles. The zero-order valence-corrected chi connectivity index (χ0v) is 14.4. The van der Waals surface area contributed by atoms with Crippen LogP contribution in [0.4, 0.5) is 0 Å². The lowest BCUT2D eigenvalue weighted by molar-refractivity contribution is -0.121. The van der Waals surface area contributed by atoms with Crippen molar-refractivity contribution in [3.05, 3.63) is 29.8 Å². The van der Waals surface area contributed by atoms with E-state index in [1.165, 1.54) is 24.3 Å². The molecule has 0 aliphatic heterocycles. The van der Waals surface area contributed by atoms with Crippen LogP contribution in [0.3, 0.4) is 0 Å². The molecule has 0 atom stereocenters. The minimum Gasteiger partial charge on any atom is -0.462 e. The highest BCUT2D eigenvalue weighted by molar-refractivity contribution is 7.89. The smallest absolute Gasteiger partial charge is 0.338 e. The van der Waals surface area contributed by atoms with Crippen LogP contribution in [0.5, 0.6) is 0 Å². The second-order valence-corrected chi connectivity index (χ2v) is 7.35. The van der Waals surface area contributed by atoms with Crippen LogP contribution in [0.2, 0.25) is 0 Å². The number of esters is 1. The summed E-state index contributed by atoms with van der Waals surface area (Å²) in [6.45, 7) is 2.14. The molecule has 1 aromatic rings. The van der Waals surface area contributed by atoms with Crippen molar-refractivity contribution in [2.45, 2.75) is 43.5 Å². The minimum atomic E-state index is -3.66. The number of benzene rings is 1. The molecule has 8 heteroatoms. The van der Waals surface area contributed by atoms with Gasteiger partial charge in [0.1, 0.15) is 0 Å². The fraction of sp³-hybridized carbons (Fsp3) is 0.500. The van der Waals surface area contributed by atoms with Crippen molar-refractivity contribution in [2.24, 2.45) is 0 Å². The Bertz CT molecular complexity index is 681. The minimum absolute atomic E-state index is 0.0458. The van der Waals surface area contributed by atoms with E-state index in [4.69, 9.17) is 4.74 Å². The number of nitrogens with one attached hydrogen (secondary N) is 2. The van der Waals surface area contributed by atoms with Gasteiger partial charge in [-0.15, -0.1) is 0 Å². The van der Waals surface area contributed by atoms with Crippen molar-refractivity contribution in [3.8, 4) is 0 Å². The zero-order chi connectivity index (χ0) is 17.6. The lowest BCUT2D eigenvalue weighted by Crippen LogP contribution is -2.28. The zero-order valence-electron chi connectivity index (χ0n) is 13.6. The van der Waals surface area contributed by atoms with Crippen LogP contribution >= 0.6 is 0 Å². The van der Waals surface area contributed by atoms with Gasteiger partial charge in [0.2, 0.25) is 15.9 Å². The summed E-state index contributed by atoms with van der Waals surface area (Å²) in [6.07, 6.45) is 2.78. The van der Waals surface area contributed by atoms with Crippen molar-refractivity contribution in [2.75, 3.05) is 13.2 Å². The van der Waals surface area contributed by atoms with Gasteiger partial charge in [0, 0.05) is 19.0 Å². The number of carbonyl (C=O) groups is 2. The summed E-state index contributed by atoms with van der Waals surface area (Å²) < 4.78 is 31.6. The van der Waals surface area contributed by atoms with Crippen LogP contribution in [0.15, 0.2) is 29.2 Å². The molecule has 24 heavy (non-hydrogen) atoms. The molecule has 0 unspecified atom stereocenters. The molecule has 0 radical (unpaired) electrons. The molecule has 0 aromatic heterocycles. The van der Waals surface area contributed by atoms with Gasteiger partial charge in [-0.25, -0.2) is 17.9 Å². The van der Waals surface area contributed by atoms with E-state index in [-0.39, 0.29) is 24.0 Å². The summed E-state index contributed by atoms with van der Waals surface area (Å²) >= 11 is 0. The highest BCUT2D eigenvalue weighted by Crippen LogP contribution is 2.18. The van der Waals surface area contributed by atoms with Gasteiger partial charge in [-0.1, -0.05) is 0 Å². The van der Waals surface area contributed by atoms with Crippen molar-refractivity contribution in [1.82, 2.24) is 10.0 Å². The Morgan fingerprint density at radius 3 is 2.46 bits per heavy atom. The molecule has 1 fully saturated rings. The standard InChI is InChI=1S/C16H22N2O5S/c1-2-23-16(20)12-5-9-14(10-6-12)24(21,22)17-11-3-4-15(19)18-13-7-8-13/h5-6,9-10,13,17H,2-4,7-8,11H2,1H3,(H,18,19). The van der Waals surface area contributed by atoms with Gasteiger partial charge in [-0.2, -0.15) is 0 Å². The van der Waals surface area contributed by atoms with E-state index in [9.17, 15) is 18.0 Å². The largest absolute Gasteiger partial charge is 0.462 e. The average Bonchev–Trinajstić information content (AvgIpc) is 3.36. The van der Waals surface area contributed by atoms with Crippen molar-refractivity contribution in [1.29, 1.82) is 0 Å². The fourth-order valence-electron chi connectivity index (χ4n) is 2.05. The first-order chi connectivity index (χ1) is 11.4. The predicted molar refractivity (Wildman–Crippen MR) is 88.0 cm³/mol. The first-order valence-corrected chi connectivity index (χ1v) is 9.47. The summed E-state index contributed by atoms with van der Waals surface area (Å²) in [7, 11) is -3.66. The maximum absolute atomic E-state index is 12.1. The van der Waals surface area contributed by atoms with Gasteiger partial charge in [0.25, 0.3) is 0 Å². The second-order valence-electron chi connectivity index (χ2n) is 5.59. The number of amides is 1. The maximum Gasteiger partial charge on any atom is 0.338 e. The van der Waals surface area contributed by atoms with Crippen LogP contribution in [0.1, 0.15) is 43.0 Å². The van der Waals surface area contributed by atoms with Crippen LogP contribution in [-0.4, -0.2) is 39.5 Å². The van der Waals surface area contributed by atoms with E-state index in [0.717, 1.165) is 12.8 Å². The van der Waals surface area contributed by atoms with Crippen molar-refractivity contribution < 1.29 is 22.7 Å². The topological polar surface area (TPSA) is 102 Å². The normalized spacial score (nSPS) is 14.2. The second kappa shape index (κ2) is 8.25. The number of hydrogen-bond acceptors (Lipinski definition) is 5. The Morgan fingerprint density at radius 1 is 1.21 bits per heavy atom. The number of ether oxygens (including phenoxy) is 1. The highest BCUT2D eigenvalue weighted by Gasteiger charge is 2.23. The molecular weight excluding hydrogens is 332 g/mol. The van der Waals surface area contributed by atoms with E-state index in [1.807, 2.05) is 0 Å². The lowest BCUT2D eigenvalue weighted by atomic mass is 10.2. The van der Waals surface area contributed by atoms with Gasteiger partial charge < -0.3 is 10.1 Å². The van der Waals surface area contributed by atoms with E-state index in [0.29, 0.717) is 24.4 Å². The third-order valence-corrected chi connectivity index (χ3v) is 4.97.